The Balaban J connectivity index is 1.32. The van der Waals surface area contributed by atoms with Crippen LogP contribution in [0.2, 0.25) is 0 Å². The van der Waals surface area contributed by atoms with E-state index in [2.05, 4.69) is 22.2 Å². The fourth-order valence-corrected chi connectivity index (χ4v) is 3.83. The Kier molecular flexibility index (Phi) is 5.25. The number of rotatable bonds is 4. The number of halogens is 3. The van der Waals surface area contributed by atoms with Gasteiger partial charge >= 0.3 is 6.18 Å². The highest BCUT2D eigenvalue weighted by Gasteiger charge is 2.44. The minimum absolute atomic E-state index is 0.0121. The quantitative estimate of drug-likeness (QED) is 0.831. The minimum atomic E-state index is -4.34. The van der Waals surface area contributed by atoms with Crippen LogP contribution >= 0.6 is 0 Å². The molecule has 4 rings (SSSR count). The third kappa shape index (κ3) is 4.56. The van der Waals surface area contributed by atoms with Crippen LogP contribution in [0, 0.1) is 5.92 Å². The molecule has 29 heavy (non-hydrogen) atoms. The summed E-state index contributed by atoms with van der Waals surface area (Å²) in [7, 11) is 2.12. The fraction of sp³-hybridized carbons (Fsp3) is 0.409. The van der Waals surface area contributed by atoms with Gasteiger partial charge in [0.2, 0.25) is 5.91 Å². The summed E-state index contributed by atoms with van der Waals surface area (Å²) < 4.78 is 38.0. The summed E-state index contributed by atoms with van der Waals surface area (Å²) >= 11 is 0. The molecule has 2 aliphatic rings. The first-order valence-corrected chi connectivity index (χ1v) is 9.83. The summed E-state index contributed by atoms with van der Waals surface area (Å²) in [6, 6.07) is 13.0. The van der Waals surface area contributed by atoms with Gasteiger partial charge in [-0.05, 0) is 61.3 Å². The number of carbonyl (C=O) groups excluding carboxylic acids is 1. The lowest BCUT2D eigenvalue weighted by atomic mass is 10.1. The standard InChI is InChI=1S/C22H24F3N3O/c1-27-10-12-28(13-11-27)18-8-6-17(7-9-18)26-21(29)20-14-19(20)15-2-4-16(5-3-15)22(23,24)25/h2-9,19-20H,10-14H2,1H3,(H,26,29). The zero-order valence-corrected chi connectivity index (χ0v) is 16.2. The minimum Gasteiger partial charge on any atom is -0.369 e. The van der Waals surface area contributed by atoms with Crippen LogP contribution in [0.1, 0.15) is 23.5 Å². The first-order chi connectivity index (χ1) is 13.8. The second kappa shape index (κ2) is 7.71. The molecule has 1 N–H and O–H groups in total. The molecule has 1 aliphatic heterocycles. The Labute approximate surface area is 168 Å². The molecule has 1 saturated carbocycles. The number of piperazine rings is 1. The molecule has 0 bridgehead atoms. The van der Waals surface area contributed by atoms with Crippen LogP contribution in [0.15, 0.2) is 48.5 Å². The van der Waals surface area contributed by atoms with E-state index in [0.29, 0.717) is 6.42 Å². The van der Waals surface area contributed by atoms with Crippen molar-refractivity contribution in [2.24, 2.45) is 5.92 Å². The summed E-state index contributed by atoms with van der Waals surface area (Å²) in [6.07, 6.45) is -3.67. The van der Waals surface area contributed by atoms with Crippen molar-refractivity contribution in [2.45, 2.75) is 18.5 Å². The van der Waals surface area contributed by atoms with Crippen molar-refractivity contribution < 1.29 is 18.0 Å². The average molecular weight is 403 g/mol. The molecule has 1 amide bonds. The van der Waals surface area contributed by atoms with E-state index in [1.807, 2.05) is 24.3 Å². The number of anilines is 2. The third-order valence-electron chi connectivity index (χ3n) is 5.80. The molecule has 2 aromatic carbocycles. The van der Waals surface area contributed by atoms with Gasteiger partial charge in [0.05, 0.1) is 5.56 Å². The van der Waals surface area contributed by atoms with Crippen molar-refractivity contribution in [3.05, 3.63) is 59.7 Å². The van der Waals surface area contributed by atoms with Crippen molar-refractivity contribution >= 4 is 17.3 Å². The predicted octanol–water partition coefficient (Wildman–Crippen LogP) is 4.20. The highest BCUT2D eigenvalue weighted by atomic mass is 19.4. The van der Waals surface area contributed by atoms with Crippen molar-refractivity contribution in [2.75, 3.05) is 43.4 Å². The molecule has 1 heterocycles. The van der Waals surface area contributed by atoms with Gasteiger partial charge in [0.15, 0.2) is 0 Å². The van der Waals surface area contributed by atoms with Crippen LogP contribution < -0.4 is 10.2 Å². The number of nitrogens with zero attached hydrogens (tertiary/aromatic N) is 2. The van der Waals surface area contributed by atoms with E-state index in [-0.39, 0.29) is 17.7 Å². The number of alkyl halides is 3. The molecule has 0 aromatic heterocycles. The van der Waals surface area contributed by atoms with Gasteiger partial charge in [-0.1, -0.05) is 12.1 Å². The van der Waals surface area contributed by atoms with Crippen molar-refractivity contribution in [1.29, 1.82) is 0 Å². The Morgan fingerprint density at radius 2 is 1.59 bits per heavy atom. The Hall–Kier alpha value is -2.54. The van der Waals surface area contributed by atoms with Gasteiger partial charge in [0.25, 0.3) is 0 Å². The summed E-state index contributed by atoms with van der Waals surface area (Å²) in [5.74, 6) is -0.284. The van der Waals surface area contributed by atoms with Crippen LogP contribution in [-0.4, -0.2) is 44.0 Å². The van der Waals surface area contributed by atoms with E-state index >= 15 is 0 Å². The molecule has 1 saturated heterocycles. The maximum absolute atomic E-state index is 12.7. The topological polar surface area (TPSA) is 35.6 Å². The molecule has 2 unspecified atom stereocenters. The van der Waals surface area contributed by atoms with Crippen LogP contribution in [0.5, 0.6) is 0 Å². The smallest absolute Gasteiger partial charge is 0.369 e. The SMILES string of the molecule is CN1CCN(c2ccc(NC(=O)C3CC3c3ccc(C(F)(F)F)cc3)cc2)CC1. The number of carbonyl (C=O) groups is 1. The van der Waals surface area contributed by atoms with E-state index in [0.717, 1.165) is 55.2 Å². The Morgan fingerprint density at radius 1 is 0.966 bits per heavy atom. The summed E-state index contributed by atoms with van der Waals surface area (Å²) in [6.45, 7) is 4.04. The zero-order chi connectivity index (χ0) is 20.6. The molecule has 2 fully saturated rings. The average Bonchev–Trinajstić information content (AvgIpc) is 3.50. The molecule has 1 aliphatic carbocycles. The second-order valence-corrected chi connectivity index (χ2v) is 7.89. The van der Waals surface area contributed by atoms with Crippen molar-refractivity contribution in [3.63, 3.8) is 0 Å². The third-order valence-corrected chi connectivity index (χ3v) is 5.80. The molecule has 2 aromatic rings. The van der Waals surface area contributed by atoms with E-state index in [1.165, 1.54) is 12.1 Å². The van der Waals surface area contributed by atoms with E-state index < -0.39 is 11.7 Å². The van der Waals surface area contributed by atoms with Gasteiger partial charge in [-0.15, -0.1) is 0 Å². The molecule has 154 valence electrons. The normalized spacial score (nSPS) is 22.4. The summed E-state index contributed by atoms with van der Waals surface area (Å²) in [5, 5.41) is 2.93. The van der Waals surface area contributed by atoms with Crippen LogP contribution in [0.3, 0.4) is 0 Å². The highest BCUT2D eigenvalue weighted by molar-refractivity contribution is 5.95. The second-order valence-electron chi connectivity index (χ2n) is 7.89. The van der Waals surface area contributed by atoms with Crippen LogP contribution in [0.25, 0.3) is 0 Å². The molecule has 2 atom stereocenters. The van der Waals surface area contributed by atoms with Crippen LogP contribution in [-0.2, 0) is 11.0 Å². The Morgan fingerprint density at radius 3 is 2.17 bits per heavy atom. The van der Waals surface area contributed by atoms with Gasteiger partial charge in [-0.2, -0.15) is 13.2 Å². The number of likely N-dealkylation sites (N-methyl/N-ethyl adjacent to an activating group) is 1. The van der Waals surface area contributed by atoms with Crippen LogP contribution in [0.4, 0.5) is 24.5 Å². The molecular formula is C22H24F3N3O. The number of hydrogen-bond acceptors (Lipinski definition) is 3. The molecule has 0 radical (unpaired) electrons. The lowest BCUT2D eigenvalue weighted by Gasteiger charge is -2.34. The maximum atomic E-state index is 12.7. The number of benzene rings is 2. The Bertz CT molecular complexity index is 856. The first-order valence-electron chi connectivity index (χ1n) is 9.83. The largest absolute Gasteiger partial charge is 0.416 e. The van der Waals surface area contributed by atoms with Gasteiger partial charge in [-0.25, -0.2) is 0 Å². The van der Waals surface area contributed by atoms with Gasteiger partial charge in [-0.3, -0.25) is 4.79 Å². The number of nitrogens with one attached hydrogen (secondary N) is 1. The van der Waals surface area contributed by atoms with E-state index in [1.54, 1.807) is 0 Å². The number of hydrogen-bond donors (Lipinski definition) is 1. The monoisotopic (exact) mass is 403 g/mol. The molecular weight excluding hydrogens is 379 g/mol. The first kappa shape index (κ1) is 19.8. The number of amides is 1. The van der Waals surface area contributed by atoms with Crippen molar-refractivity contribution in [3.8, 4) is 0 Å². The summed E-state index contributed by atoms with van der Waals surface area (Å²) in [4.78, 5) is 17.1. The zero-order valence-electron chi connectivity index (χ0n) is 16.2. The van der Waals surface area contributed by atoms with Gasteiger partial charge in [0.1, 0.15) is 0 Å². The van der Waals surface area contributed by atoms with Crippen molar-refractivity contribution in [1.82, 2.24) is 4.90 Å². The van der Waals surface area contributed by atoms with Gasteiger partial charge in [0, 0.05) is 43.5 Å². The van der Waals surface area contributed by atoms with E-state index in [9.17, 15) is 18.0 Å². The molecule has 4 nitrogen and oxygen atoms in total. The maximum Gasteiger partial charge on any atom is 0.416 e. The molecule has 7 heteroatoms. The fourth-order valence-electron chi connectivity index (χ4n) is 3.83. The van der Waals surface area contributed by atoms with E-state index in [4.69, 9.17) is 0 Å². The lowest BCUT2D eigenvalue weighted by Crippen LogP contribution is -2.44. The lowest BCUT2D eigenvalue weighted by molar-refractivity contribution is -0.137. The molecule has 0 spiro atoms. The predicted molar refractivity (Wildman–Crippen MR) is 107 cm³/mol. The summed E-state index contributed by atoms with van der Waals surface area (Å²) in [5.41, 5.74) is 2.00. The van der Waals surface area contributed by atoms with Gasteiger partial charge < -0.3 is 15.1 Å². The highest BCUT2D eigenvalue weighted by Crippen LogP contribution is 2.48.